The van der Waals surface area contributed by atoms with Gasteiger partial charge in [0.2, 0.25) is 11.8 Å². The van der Waals surface area contributed by atoms with Crippen LogP contribution in [0.2, 0.25) is 0 Å². The highest BCUT2D eigenvalue weighted by Crippen LogP contribution is 2.19. The highest BCUT2D eigenvalue weighted by Gasteiger charge is 2.36. The summed E-state index contributed by atoms with van der Waals surface area (Å²) in [5.74, 6) is -0.115. The van der Waals surface area contributed by atoms with E-state index in [4.69, 9.17) is 0 Å². The van der Waals surface area contributed by atoms with Crippen LogP contribution in [-0.4, -0.2) is 55.8 Å². The number of carbonyl (C=O) groups is 2. The second-order valence-electron chi connectivity index (χ2n) is 4.66. The molecule has 6 nitrogen and oxygen atoms in total. The van der Waals surface area contributed by atoms with Crippen molar-refractivity contribution < 1.29 is 18.0 Å². The van der Waals surface area contributed by atoms with Gasteiger partial charge in [-0.1, -0.05) is 0 Å². The summed E-state index contributed by atoms with van der Waals surface area (Å²) in [6, 6.07) is -0.721. The van der Waals surface area contributed by atoms with Crippen molar-refractivity contribution in [3.63, 3.8) is 0 Å². The normalized spacial score (nSPS) is 31.2. The molecule has 96 valence electrons. The molecule has 17 heavy (non-hydrogen) atoms. The third-order valence-electron chi connectivity index (χ3n) is 3.40. The summed E-state index contributed by atoms with van der Waals surface area (Å²) in [6.45, 7) is 0. The molecule has 1 N–H and O–H groups in total. The Morgan fingerprint density at radius 3 is 2.59 bits per heavy atom. The first kappa shape index (κ1) is 12.3. The summed E-state index contributed by atoms with van der Waals surface area (Å²) in [4.78, 5) is 24.5. The Morgan fingerprint density at radius 1 is 1.41 bits per heavy atom. The molecule has 2 amide bonds. The van der Waals surface area contributed by atoms with Gasteiger partial charge in [-0.3, -0.25) is 9.59 Å². The van der Waals surface area contributed by atoms with Crippen molar-refractivity contribution in [1.29, 1.82) is 0 Å². The average Bonchev–Trinajstić information content (AvgIpc) is 2.82. The fraction of sp³-hybridized carbons (Fsp3) is 0.800. The third-order valence-corrected chi connectivity index (χ3v) is 5.15. The van der Waals surface area contributed by atoms with Gasteiger partial charge in [0.25, 0.3) is 0 Å². The molecule has 2 saturated heterocycles. The molecule has 0 aromatic rings. The highest BCUT2D eigenvalue weighted by molar-refractivity contribution is 7.91. The predicted octanol–water partition coefficient (Wildman–Crippen LogP) is -1.09. The zero-order valence-electron chi connectivity index (χ0n) is 9.68. The van der Waals surface area contributed by atoms with Crippen LogP contribution in [0.1, 0.15) is 19.3 Å². The van der Waals surface area contributed by atoms with E-state index in [9.17, 15) is 18.0 Å². The Kier molecular flexibility index (Phi) is 3.11. The first-order valence-electron chi connectivity index (χ1n) is 5.65. The predicted molar refractivity (Wildman–Crippen MR) is 61.0 cm³/mol. The van der Waals surface area contributed by atoms with Crippen LogP contribution in [0.5, 0.6) is 0 Å². The largest absolute Gasteiger partial charge is 0.344 e. The fourth-order valence-electron chi connectivity index (χ4n) is 2.31. The van der Waals surface area contributed by atoms with Crippen LogP contribution >= 0.6 is 0 Å². The van der Waals surface area contributed by atoms with Gasteiger partial charge in [-0.25, -0.2) is 8.42 Å². The Bertz CT molecular complexity index is 445. The van der Waals surface area contributed by atoms with Crippen LogP contribution in [0, 0.1) is 0 Å². The van der Waals surface area contributed by atoms with E-state index in [2.05, 4.69) is 5.32 Å². The molecule has 0 aromatic heterocycles. The van der Waals surface area contributed by atoms with Gasteiger partial charge in [0.15, 0.2) is 9.84 Å². The molecular weight excluding hydrogens is 244 g/mol. The molecule has 0 radical (unpaired) electrons. The van der Waals surface area contributed by atoms with E-state index < -0.39 is 15.9 Å². The summed E-state index contributed by atoms with van der Waals surface area (Å²) < 4.78 is 22.7. The van der Waals surface area contributed by atoms with Crippen molar-refractivity contribution in [1.82, 2.24) is 10.2 Å². The van der Waals surface area contributed by atoms with E-state index in [-0.39, 0.29) is 29.4 Å². The van der Waals surface area contributed by atoms with Crippen molar-refractivity contribution in [2.45, 2.75) is 31.3 Å². The number of nitrogens with one attached hydrogen (secondary N) is 1. The monoisotopic (exact) mass is 260 g/mol. The zero-order valence-corrected chi connectivity index (χ0v) is 10.5. The Balaban J connectivity index is 1.98. The molecule has 0 bridgehead atoms. The van der Waals surface area contributed by atoms with Gasteiger partial charge in [0.05, 0.1) is 11.5 Å². The molecule has 0 aliphatic carbocycles. The van der Waals surface area contributed by atoms with Gasteiger partial charge >= 0.3 is 0 Å². The third kappa shape index (κ3) is 2.59. The van der Waals surface area contributed by atoms with Crippen molar-refractivity contribution in [2.24, 2.45) is 0 Å². The summed E-state index contributed by atoms with van der Waals surface area (Å²) in [7, 11) is -1.38. The van der Waals surface area contributed by atoms with Crippen LogP contribution in [0.4, 0.5) is 0 Å². The van der Waals surface area contributed by atoms with E-state index in [1.807, 2.05) is 0 Å². The molecule has 2 unspecified atom stereocenters. The Labute approximate surface area is 100 Å². The average molecular weight is 260 g/mol. The van der Waals surface area contributed by atoms with Crippen molar-refractivity contribution in [3.8, 4) is 0 Å². The van der Waals surface area contributed by atoms with Crippen LogP contribution < -0.4 is 5.32 Å². The molecule has 7 heteroatoms. The summed E-state index contributed by atoms with van der Waals surface area (Å²) >= 11 is 0. The van der Waals surface area contributed by atoms with Gasteiger partial charge in [-0.2, -0.15) is 0 Å². The van der Waals surface area contributed by atoms with Gasteiger partial charge < -0.3 is 10.2 Å². The molecule has 0 spiro atoms. The SMILES string of the molecule is CN(C(=O)C1CCC(=O)N1)C1CCS(=O)(=O)C1. The van der Waals surface area contributed by atoms with Crippen LogP contribution in [0.15, 0.2) is 0 Å². The van der Waals surface area contributed by atoms with Gasteiger partial charge in [0.1, 0.15) is 6.04 Å². The lowest BCUT2D eigenvalue weighted by Crippen LogP contribution is -2.47. The zero-order chi connectivity index (χ0) is 12.6. The van der Waals surface area contributed by atoms with E-state index in [1.54, 1.807) is 7.05 Å². The topological polar surface area (TPSA) is 83.6 Å². The number of rotatable bonds is 2. The Morgan fingerprint density at radius 2 is 2.12 bits per heavy atom. The Hall–Kier alpha value is -1.11. The lowest BCUT2D eigenvalue weighted by Gasteiger charge is -2.26. The van der Waals surface area contributed by atoms with E-state index in [1.165, 1.54) is 4.90 Å². The number of likely N-dealkylation sites (N-methyl/N-ethyl adjacent to an activating group) is 1. The van der Waals surface area contributed by atoms with Gasteiger partial charge in [0, 0.05) is 19.5 Å². The fourth-order valence-corrected chi connectivity index (χ4v) is 4.08. The number of amides is 2. The first-order valence-corrected chi connectivity index (χ1v) is 7.47. The van der Waals surface area contributed by atoms with Crippen LogP contribution in [-0.2, 0) is 19.4 Å². The molecular formula is C10H16N2O4S. The standard InChI is InChI=1S/C10H16N2O4S/c1-12(7-4-5-17(15,16)6-7)10(14)8-2-3-9(13)11-8/h7-8H,2-6H2,1H3,(H,11,13). The molecule has 2 aliphatic heterocycles. The summed E-state index contributed by atoms with van der Waals surface area (Å²) in [5, 5.41) is 2.60. The number of hydrogen-bond donors (Lipinski definition) is 1. The lowest BCUT2D eigenvalue weighted by atomic mass is 10.1. The molecule has 2 atom stereocenters. The van der Waals surface area contributed by atoms with E-state index in [0.29, 0.717) is 19.3 Å². The van der Waals surface area contributed by atoms with Crippen LogP contribution in [0.25, 0.3) is 0 Å². The molecule has 2 rings (SSSR count). The summed E-state index contributed by atoms with van der Waals surface area (Å²) in [6.07, 6.45) is 1.36. The maximum absolute atomic E-state index is 12.0. The van der Waals surface area contributed by atoms with Crippen molar-refractivity contribution in [2.75, 3.05) is 18.6 Å². The molecule has 2 fully saturated rings. The minimum absolute atomic E-state index is 0.0376. The van der Waals surface area contributed by atoms with Crippen molar-refractivity contribution >= 4 is 21.7 Å². The first-order chi connectivity index (χ1) is 7.89. The highest BCUT2D eigenvalue weighted by atomic mass is 32.2. The number of hydrogen-bond acceptors (Lipinski definition) is 4. The van der Waals surface area contributed by atoms with E-state index in [0.717, 1.165) is 0 Å². The second kappa shape index (κ2) is 4.29. The molecule has 0 aromatic carbocycles. The minimum Gasteiger partial charge on any atom is -0.344 e. The summed E-state index contributed by atoms with van der Waals surface area (Å²) in [5.41, 5.74) is 0. The van der Waals surface area contributed by atoms with E-state index >= 15 is 0 Å². The lowest BCUT2D eigenvalue weighted by molar-refractivity contribution is -0.134. The van der Waals surface area contributed by atoms with Gasteiger partial charge in [-0.15, -0.1) is 0 Å². The maximum Gasteiger partial charge on any atom is 0.245 e. The number of sulfone groups is 1. The smallest absolute Gasteiger partial charge is 0.245 e. The molecule has 2 aliphatic rings. The van der Waals surface area contributed by atoms with Gasteiger partial charge in [-0.05, 0) is 12.8 Å². The van der Waals surface area contributed by atoms with Crippen molar-refractivity contribution in [3.05, 3.63) is 0 Å². The quantitative estimate of drug-likeness (QED) is 0.684. The second-order valence-corrected chi connectivity index (χ2v) is 6.89. The molecule has 2 heterocycles. The maximum atomic E-state index is 12.0. The minimum atomic E-state index is -2.99. The van der Waals surface area contributed by atoms with Crippen LogP contribution in [0.3, 0.4) is 0 Å². The molecule has 0 saturated carbocycles. The number of nitrogens with zero attached hydrogens (tertiary/aromatic N) is 1. The number of carbonyl (C=O) groups excluding carboxylic acids is 2.